The van der Waals surface area contributed by atoms with Gasteiger partial charge in [-0.2, -0.15) is 0 Å². The number of hydrogen-bond donors (Lipinski definition) is 0. The molecule has 0 atom stereocenters. The Morgan fingerprint density at radius 2 is 1.06 bits per heavy atom. The van der Waals surface area contributed by atoms with Gasteiger partial charge in [0, 0.05) is 46.2 Å². The third-order valence-electron chi connectivity index (χ3n) is 9.14. The third kappa shape index (κ3) is 6.82. The second-order valence-corrected chi connectivity index (χ2v) is 15.9. The summed E-state index contributed by atoms with van der Waals surface area (Å²) in [5, 5.41) is 25.3. The molecule has 0 saturated carbocycles. The maximum absolute atomic E-state index is 13.5. The van der Waals surface area contributed by atoms with Gasteiger partial charge in [0.05, 0.1) is 56.3 Å². The predicted molar refractivity (Wildman–Crippen MR) is 212 cm³/mol. The van der Waals surface area contributed by atoms with Crippen LogP contribution in [0.15, 0.2) is 48.5 Å². The lowest BCUT2D eigenvalue weighted by molar-refractivity contribution is -0.385. The number of aromatic nitrogens is 2. The number of nitro groups is 2. The molecule has 6 rings (SSSR count). The van der Waals surface area contributed by atoms with Crippen LogP contribution < -0.4 is 0 Å². The van der Waals surface area contributed by atoms with Gasteiger partial charge in [-0.15, -0.1) is 22.7 Å². The van der Waals surface area contributed by atoms with Crippen molar-refractivity contribution in [2.45, 2.75) is 54.4 Å². The minimum absolute atomic E-state index is 0.118. The van der Waals surface area contributed by atoms with Gasteiger partial charge in [0.25, 0.3) is 11.4 Å². The van der Waals surface area contributed by atoms with Crippen LogP contribution in [0.1, 0.15) is 70.9 Å². The minimum atomic E-state index is -0.606. The molecule has 0 aliphatic heterocycles. The summed E-state index contributed by atoms with van der Waals surface area (Å²) in [7, 11) is 2.59. The summed E-state index contributed by atoms with van der Waals surface area (Å²) in [5.41, 5.74) is 4.90. The van der Waals surface area contributed by atoms with E-state index in [1.807, 2.05) is 0 Å². The van der Waals surface area contributed by atoms with Gasteiger partial charge >= 0.3 is 11.9 Å². The molecule has 0 unspecified atom stereocenters. The molecule has 0 radical (unpaired) electrons. The number of carbonyl (C=O) groups is 2. The van der Waals surface area contributed by atoms with Crippen LogP contribution in [0.3, 0.4) is 0 Å². The molecule has 0 N–H and O–H groups in total. The van der Waals surface area contributed by atoms with Crippen molar-refractivity contribution in [2.75, 3.05) is 14.2 Å². The summed E-state index contributed by atoms with van der Waals surface area (Å²) < 4.78 is 10.5. The fraction of sp³-hybridized carbons (Fsp3) is 0.300. The molecule has 2 aromatic carbocycles. The molecular weight excluding hydrogens is 729 g/mol. The quantitative estimate of drug-likeness (QED) is 0.0704. The Morgan fingerprint density at radius 1 is 0.685 bits per heavy atom. The topological polar surface area (TPSA) is 165 Å². The molecule has 0 aliphatic rings. The summed E-state index contributed by atoms with van der Waals surface area (Å²) in [6.07, 6.45) is 1.16. The molecule has 0 amide bonds. The molecule has 0 aliphatic carbocycles. The largest absolute Gasteiger partial charge is 0.465 e. The SMILES string of the molecule is COC(=O)c1c(C)nc2sc(-c3sc4nc(C)c(C(=O)OC)c(-c5cccc([N+](=O)[O-])c5)c4c3CC(C)C)c(CC(C)C)c2c1-c1cccc([N+](=O)[O-])c1. The molecule has 0 fully saturated rings. The van der Waals surface area contributed by atoms with Crippen LogP contribution in [0.2, 0.25) is 0 Å². The molecule has 6 aromatic rings. The van der Waals surface area contributed by atoms with Crippen LogP contribution in [0, 0.1) is 45.9 Å². The number of thiophene rings is 2. The smallest absolute Gasteiger partial charge is 0.340 e. The number of nitrogens with zero attached hydrogens (tertiary/aromatic N) is 4. The number of esters is 2. The predicted octanol–water partition coefficient (Wildman–Crippen LogP) is 10.3. The van der Waals surface area contributed by atoms with E-state index in [1.165, 1.54) is 61.2 Å². The van der Waals surface area contributed by atoms with Crippen LogP contribution >= 0.6 is 22.7 Å². The Bertz CT molecular complexity index is 2340. The first-order valence-corrected chi connectivity index (χ1v) is 18.9. The number of fused-ring (bicyclic) bond motifs is 2. The van der Waals surface area contributed by atoms with E-state index in [4.69, 9.17) is 19.4 Å². The molecule has 4 heterocycles. The fourth-order valence-electron chi connectivity index (χ4n) is 7.01. The molecular formula is C40H38N4O8S2. The van der Waals surface area contributed by atoms with Crippen molar-refractivity contribution in [3.05, 3.63) is 102 Å². The Kier molecular flexibility index (Phi) is 10.6. The zero-order valence-electron chi connectivity index (χ0n) is 31.1. The lowest BCUT2D eigenvalue weighted by atomic mass is 9.88. The van der Waals surface area contributed by atoms with Crippen molar-refractivity contribution in [3.63, 3.8) is 0 Å². The lowest BCUT2D eigenvalue weighted by Gasteiger charge is -2.16. The lowest BCUT2D eigenvalue weighted by Crippen LogP contribution is -2.09. The van der Waals surface area contributed by atoms with Crippen LogP contribution in [0.25, 0.3) is 52.4 Å². The van der Waals surface area contributed by atoms with Gasteiger partial charge in [-0.25, -0.2) is 19.6 Å². The van der Waals surface area contributed by atoms with Gasteiger partial charge in [0.15, 0.2) is 0 Å². The first kappa shape index (κ1) is 38.1. The summed E-state index contributed by atoms with van der Waals surface area (Å²) >= 11 is 2.94. The number of non-ortho nitro benzene ring substituents is 2. The minimum Gasteiger partial charge on any atom is -0.465 e. The Morgan fingerprint density at radius 3 is 1.37 bits per heavy atom. The van der Waals surface area contributed by atoms with Crippen LogP contribution in [0.4, 0.5) is 11.4 Å². The number of hydrogen-bond acceptors (Lipinski definition) is 12. The van der Waals surface area contributed by atoms with Gasteiger partial charge in [0.2, 0.25) is 0 Å². The van der Waals surface area contributed by atoms with Crippen molar-refractivity contribution in [1.29, 1.82) is 0 Å². The van der Waals surface area contributed by atoms with Crippen molar-refractivity contribution in [2.24, 2.45) is 11.8 Å². The van der Waals surface area contributed by atoms with E-state index in [9.17, 15) is 29.8 Å². The molecule has 54 heavy (non-hydrogen) atoms. The van der Waals surface area contributed by atoms with Gasteiger partial charge in [-0.3, -0.25) is 20.2 Å². The number of ether oxygens (including phenoxy) is 2. The van der Waals surface area contributed by atoms with E-state index in [1.54, 1.807) is 38.1 Å². The maximum atomic E-state index is 13.5. The summed E-state index contributed by atoms with van der Waals surface area (Å²) in [6.45, 7) is 11.8. The van der Waals surface area contributed by atoms with Crippen LogP contribution in [0.5, 0.6) is 0 Å². The van der Waals surface area contributed by atoms with Crippen molar-refractivity contribution in [1.82, 2.24) is 9.97 Å². The number of methoxy groups -OCH3 is 2. The van der Waals surface area contributed by atoms with E-state index in [2.05, 4.69) is 27.7 Å². The molecule has 4 aromatic heterocycles. The average Bonchev–Trinajstić information content (AvgIpc) is 3.65. The van der Waals surface area contributed by atoms with Gasteiger partial charge in [0.1, 0.15) is 9.66 Å². The van der Waals surface area contributed by atoms with E-state index in [0.29, 0.717) is 66.9 Å². The number of nitro benzene ring substituents is 2. The number of aryl methyl sites for hydroxylation is 2. The number of benzene rings is 2. The van der Waals surface area contributed by atoms with E-state index >= 15 is 0 Å². The molecule has 0 saturated heterocycles. The van der Waals surface area contributed by atoms with Gasteiger partial charge in [-0.05, 0) is 60.8 Å². The van der Waals surface area contributed by atoms with Crippen molar-refractivity contribution in [3.8, 4) is 32.0 Å². The second kappa shape index (κ2) is 15.0. The van der Waals surface area contributed by atoms with E-state index < -0.39 is 21.8 Å². The van der Waals surface area contributed by atoms with E-state index in [0.717, 1.165) is 20.9 Å². The van der Waals surface area contributed by atoms with Gasteiger partial charge in [-0.1, -0.05) is 52.0 Å². The fourth-order valence-corrected chi connectivity index (χ4v) is 9.71. The highest BCUT2D eigenvalue weighted by molar-refractivity contribution is 7.28. The number of pyridine rings is 2. The molecule has 278 valence electrons. The molecule has 0 bridgehead atoms. The summed E-state index contributed by atoms with van der Waals surface area (Å²) in [4.78, 5) is 62.9. The average molecular weight is 767 g/mol. The summed E-state index contributed by atoms with van der Waals surface area (Å²) in [6, 6.07) is 12.4. The zero-order valence-corrected chi connectivity index (χ0v) is 32.7. The first-order valence-electron chi connectivity index (χ1n) is 17.2. The third-order valence-corrected chi connectivity index (χ3v) is 11.6. The van der Waals surface area contributed by atoms with Crippen LogP contribution in [-0.2, 0) is 22.3 Å². The Hall–Kier alpha value is -5.60. The zero-order chi connectivity index (χ0) is 39.2. The normalized spacial score (nSPS) is 11.5. The number of carbonyl (C=O) groups excluding carboxylic acids is 2. The van der Waals surface area contributed by atoms with Gasteiger partial charge < -0.3 is 9.47 Å². The monoisotopic (exact) mass is 766 g/mol. The van der Waals surface area contributed by atoms with Crippen molar-refractivity contribution >= 4 is 66.4 Å². The standard InChI is InChI=1S/C40H38N4O8S2/c1-19(2)15-27-33-31(23-11-9-13-25(17-23)43(47)48)29(39(45)51-7)21(5)41-37(33)53-35(27)36-28(16-20(3)4)34-32(24-12-10-14-26(18-24)44(49)50)30(40(46)52-8)22(6)42-38(34)54-36/h9-14,17-20H,15-16H2,1-8H3. The van der Waals surface area contributed by atoms with Crippen LogP contribution in [-0.4, -0.2) is 46.0 Å². The maximum Gasteiger partial charge on any atom is 0.340 e. The highest BCUT2D eigenvalue weighted by Crippen LogP contribution is 2.52. The molecule has 0 spiro atoms. The molecule has 12 nitrogen and oxygen atoms in total. The summed E-state index contributed by atoms with van der Waals surface area (Å²) in [5.74, 6) is -0.912. The van der Waals surface area contributed by atoms with Crippen molar-refractivity contribution < 1.29 is 28.9 Å². The first-order chi connectivity index (χ1) is 25.7. The number of rotatable bonds is 11. The Balaban J connectivity index is 1.81. The second-order valence-electron chi connectivity index (χ2n) is 13.9. The molecule has 14 heteroatoms. The highest BCUT2D eigenvalue weighted by Gasteiger charge is 2.32. The highest BCUT2D eigenvalue weighted by atomic mass is 32.1. The Labute approximate surface area is 319 Å². The van der Waals surface area contributed by atoms with E-state index in [-0.39, 0.29) is 34.3 Å².